The van der Waals surface area contributed by atoms with Crippen LogP contribution in [0.2, 0.25) is 0 Å². The van der Waals surface area contributed by atoms with E-state index in [4.69, 9.17) is 17.0 Å². The van der Waals surface area contributed by atoms with E-state index in [0.717, 1.165) is 19.3 Å². The van der Waals surface area contributed by atoms with E-state index in [9.17, 15) is 0 Å². The summed E-state index contributed by atoms with van der Waals surface area (Å²) in [5, 5.41) is 0. The van der Waals surface area contributed by atoms with Crippen molar-refractivity contribution in [1.29, 1.82) is 0 Å². The summed E-state index contributed by atoms with van der Waals surface area (Å²) in [7, 11) is 0. The number of thiocarbonyl (C=S) groups is 1. The van der Waals surface area contributed by atoms with Gasteiger partial charge in [-0.15, -0.1) is 0 Å². The van der Waals surface area contributed by atoms with Crippen LogP contribution in [-0.4, -0.2) is 16.7 Å². The molecular weight excluding hydrogens is 236 g/mol. The Morgan fingerprint density at radius 3 is 2.62 bits per heavy atom. The van der Waals surface area contributed by atoms with Crippen LogP contribution in [0.4, 0.5) is 0 Å². The first-order chi connectivity index (χ1) is 7.76. The minimum Gasteiger partial charge on any atom is -0.475 e. The normalized spacial score (nSPS) is 12.1. The van der Waals surface area contributed by atoms with Gasteiger partial charge in [0.25, 0.3) is 0 Å². The lowest BCUT2D eigenvalue weighted by atomic mass is 10.0. The van der Waals surface area contributed by atoms with Crippen molar-refractivity contribution in [3.63, 3.8) is 0 Å². The molecule has 88 valence electrons. The lowest BCUT2D eigenvalue weighted by Crippen LogP contribution is -2.17. The van der Waals surface area contributed by atoms with Crippen molar-refractivity contribution in [3.8, 4) is 0 Å². The van der Waals surface area contributed by atoms with E-state index in [2.05, 4.69) is 31.2 Å². The largest absolute Gasteiger partial charge is 0.475 e. The zero-order valence-electron chi connectivity index (χ0n) is 9.81. The topological polar surface area (TPSA) is 9.23 Å². The van der Waals surface area contributed by atoms with Gasteiger partial charge in [0.05, 0.1) is 0 Å². The fourth-order valence-electron chi connectivity index (χ4n) is 1.59. The van der Waals surface area contributed by atoms with Gasteiger partial charge in [-0.3, -0.25) is 0 Å². The highest BCUT2D eigenvalue weighted by Gasteiger charge is 2.11. The molecule has 0 bridgehead atoms. The SMILES string of the molecule is CCCC(Cc1ccccc1)OC(=S)SC. The van der Waals surface area contributed by atoms with Gasteiger partial charge in [-0.1, -0.05) is 55.4 Å². The van der Waals surface area contributed by atoms with Crippen LogP contribution in [0.1, 0.15) is 25.3 Å². The Labute approximate surface area is 108 Å². The molecular formula is C13H18OS2. The predicted octanol–water partition coefficient (Wildman–Crippen LogP) is 4.06. The second-order valence-electron chi connectivity index (χ2n) is 3.67. The third kappa shape index (κ3) is 4.99. The minimum absolute atomic E-state index is 0.215. The Balaban J connectivity index is 2.54. The van der Waals surface area contributed by atoms with E-state index in [1.807, 2.05) is 12.3 Å². The lowest BCUT2D eigenvalue weighted by molar-refractivity contribution is 0.189. The van der Waals surface area contributed by atoms with Crippen molar-refractivity contribution in [2.45, 2.75) is 32.3 Å². The van der Waals surface area contributed by atoms with Crippen LogP contribution < -0.4 is 0 Å². The number of benzene rings is 1. The van der Waals surface area contributed by atoms with Gasteiger partial charge in [0.15, 0.2) is 0 Å². The standard InChI is InChI=1S/C13H18OS2/c1-3-7-12(14-13(15)16-2)10-11-8-5-4-6-9-11/h4-6,8-9,12H,3,7,10H2,1-2H3. The van der Waals surface area contributed by atoms with Crippen LogP contribution in [0, 0.1) is 0 Å². The third-order valence-electron chi connectivity index (χ3n) is 2.35. The molecule has 0 spiro atoms. The van der Waals surface area contributed by atoms with Crippen LogP contribution >= 0.6 is 24.0 Å². The Hall–Kier alpha value is -0.540. The summed E-state index contributed by atoms with van der Waals surface area (Å²) in [6.45, 7) is 2.17. The zero-order valence-corrected chi connectivity index (χ0v) is 11.4. The molecule has 0 N–H and O–H groups in total. The van der Waals surface area contributed by atoms with Crippen molar-refractivity contribution in [2.24, 2.45) is 0 Å². The van der Waals surface area contributed by atoms with Crippen LogP contribution in [0.3, 0.4) is 0 Å². The lowest BCUT2D eigenvalue weighted by Gasteiger charge is -2.18. The number of hydrogen-bond acceptors (Lipinski definition) is 3. The van der Waals surface area contributed by atoms with Gasteiger partial charge < -0.3 is 4.74 Å². The molecule has 0 aromatic heterocycles. The number of thioether (sulfide) groups is 1. The molecule has 0 aliphatic heterocycles. The Bertz CT molecular complexity index is 311. The summed E-state index contributed by atoms with van der Waals surface area (Å²) in [5.41, 5.74) is 1.31. The quantitative estimate of drug-likeness (QED) is 0.733. The van der Waals surface area contributed by atoms with Gasteiger partial charge in [-0.25, -0.2) is 0 Å². The maximum absolute atomic E-state index is 5.74. The van der Waals surface area contributed by atoms with Crippen molar-refractivity contribution in [1.82, 2.24) is 0 Å². The molecule has 0 heterocycles. The molecule has 1 aromatic rings. The Kier molecular flexibility index (Phi) is 6.50. The van der Waals surface area contributed by atoms with Crippen molar-refractivity contribution in [3.05, 3.63) is 35.9 Å². The predicted molar refractivity (Wildman–Crippen MR) is 76.0 cm³/mol. The molecule has 0 aliphatic carbocycles. The van der Waals surface area contributed by atoms with Crippen molar-refractivity contribution < 1.29 is 4.74 Å². The average Bonchev–Trinajstić information content (AvgIpc) is 2.30. The van der Waals surface area contributed by atoms with Gasteiger partial charge in [-0.2, -0.15) is 0 Å². The summed E-state index contributed by atoms with van der Waals surface area (Å²) in [5.74, 6) is 0. The highest BCUT2D eigenvalue weighted by molar-refractivity contribution is 8.22. The molecule has 0 amide bonds. The second kappa shape index (κ2) is 7.69. The maximum atomic E-state index is 5.74. The van der Waals surface area contributed by atoms with E-state index in [-0.39, 0.29) is 6.10 Å². The molecule has 1 unspecified atom stereocenters. The van der Waals surface area contributed by atoms with Crippen LogP contribution in [0.15, 0.2) is 30.3 Å². The van der Waals surface area contributed by atoms with Gasteiger partial charge in [0.2, 0.25) is 4.38 Å². The van der Waals surface area contributed by atoms with E-state index in [0.29, 0.717) is 4.38 Å². The molecule has 16 heavy (non-hydrogen) atoms. The first-order valence-corrected chi connectivity index (χ1v) is 7.18. The highest BCUT2D eigenvalue weighted by Crippen LogP contribution is 2.14. The van der Waals surface area contributed by atoms with Crippen LogP contribution in [0.25, 0.3) is 0 Å². The fourth-order valence-corrected chi connectivity index (χ4v) is 1.95. The molecule has 0 aliphatic rings. The summed E-state index contributed by atoms with van der Waals surface area (Å²) in [4.78, 5) is 0. The van der Waals surface area contributed by atoms with Gasteiger partial charge in [-0.05, 0) is 30.5 Å². The maximum Gasteiger partial charge on any atom is 0.219 e. The van der Waals surface area contributed by atoms with Crippen LogP contribution in [-0.2, 0) is 11.2 Å². The first-order valence-electron chi connectivity index (χ1n) is 5.54. The zero-order chi connectivity index (χ0) is 11.8. The molecule has 3 heteroatoms. The molecule has 1 aromatic carbocycles. The molecule has 0 radical (unpaired) electrons. The number of ether oxygens (including phenoxy) is 1. The first kappa shape index (κ1) is 13.5. The average molecular weight is 254 g/mol. The molecule has 1 atom stereocenters. The fraction of sp³-hybridized carbons (Fsp3) is 0.462. The van der Waals surface area contributed by atoms with E-state index >= 15 is 0 Å². The van der Waals surface area contributed by atoms with Crippen LogP contribution in [0.5, 0.6) is 0 Å². The van der Waals surface area contributed by atoms with E-state index in [1.165, 1.54) is 17.3 Å². The molecule has 1 rings (SSSR count). The van der Waals surface area contributed by atoms with E-state index in [1.54, 1.807) is 0 Å². The third-order valence-corrected chi connectivity index (χ3v) is 3.37. The molecule has 1 nitrogen and oxygen atoms in total. The molecule has 0 saturated heterocycles. The number of rotatable bonds is 5. The Morgan fingerprint density at radius 1 is 1.38 bits per heavy atom. The monoisotopic (exact) mass is 254 g/mol. The summed E-state index contributed by atoms with van der Waals surface area (Å²) >= 11 is 6.60. The second-order valence-corrected chi connectivity index (χ2v) is 5.08. The summed E-state index contributed by atoms with van der Waals surface area (Å²) in [6.07, 6.45) is 5.28. The smallest absolute Gasteiger partial charge is 0.219 e. The highest BCUT2D eigenvalue weighted by atomic mass is 32.2. The molecule has 0 fully saturated rings. The van der Waals surface area contributed by atoms with Crippen molar-refractivity contribution >= 4 is 28.4 Å². The van der Waals surface area contributed by atoms with Gasteiger partial charge in [0, 0.05) is 6.42 Å². The molecule has 0 saturated carbocycles. The van der Waals surface area contributed by atoms with Gasteiger partial charge in [0.1, 0.15) is 6.10 Å². The van der Waals surface area contributed by atoms with Gasteiger partial charge >= 0.3 is 0 Å². The van der Waals surface area contributed by atoms with Crippen molar-refractivity contribution in [2.75, 3.05) is 6.26 Å². The minimum atomic E-state index is 0.215. The van der Waals surface area contributed by atoms with E-state index < -0.39 is 0 Å². The summed E-state index contributed by atoms with van der Waals surface area (Å²) < 4.78 is 6.39. The Morgan fingerprint density at radius 2 is 2.06 bits per heavy atom. The number of hydrogen-bond donors (Lipinski definition) is 0. The summed E-state index contributed by atoms with van der Waals surface area (Å²) in [6, 6.07) is 10.4.